The van der Waals surface area contributed by atoms with Crippen molar-refractivity contribution in [3.8, 4) is 17.6 Å². The number of benzene rings is 2. The number of ether oxygens (including phenoxy) is 2. The van der Waals surface area contributed by atoms with Crippen LogP contribution in [0.5, 0.6) is 11.5 Å². The smallest absolute Gasteiger partial charge is 0.214 e. The van der Waals surface area contributed by atoms with Gasteiger partial charge in [0, 0.05) is 5.56 Å². The highest BCUT2D eigenvalue weighted by Gasteiger charge is 2.26. The summed E-state index contributed by atoms with van der Waals surface area (Å²) in [7, 11) is -3.83. The molecule has 1 heterocycles. The molecular formula is C19H15NO4S. The van der Waals surface area contributed by atoms with Gasteiger partial charge in [-0.3, -0.25) is 0 Å². The summed E-state index contributed by atoms with van der Waals surface area (Å²) in [4.78, 5) is 0.0554. The van der Waals surface area contributed by atoms with Gasteiger partial charge in [-0.25, -0.2) is 8.42 Å². The van der Waals surface area contributed by atoms with Crippen molar-refractivity contribution in [2.45, 2.75) is 11.3 Å². The van der Waals surface area contributed by atoms with Crippen LogP contribution in [0.15, 0.2) is 59.7 Å². The minimum absolute atomic E-state index is 0.0292. The van der Waals surface area contributed by atoms with E-state index in [4.69, 9.17) is 14.7 Å². The molecule has 0 fully saturated rings. The minimum Gasteiger partial charge on any atom is -0.486 e. The molecule has 0 radical (unpaired) electrons. The SMILES string of the molecule is C=C=C(c1cc2c(cc1CC#N)OCCO2)S(=O)(=O)c1ccccc1. The van der Waals surface area contributed by atoms with Crippen molar-refractivity contribution in [2.24, 2.45) is 0 Å². The Hall–Kier alpha value is -3.00. The first-order chi connectivity index (χ1) is 12.1. The van der Waals surface area contributed by atoms with E-state index >= 15 is 0 Å². The molecule has 0 atom stereocenters. The number of nitriles is 1. The molecule has 2 aromatic carbocycles. The molecule has 3 rings (SSSR count). The second kappa shape index (κ2) is 6.86. The maximum Gasteiger partial charge on any atom is 0.214 e. The number of sulfone groups is 1. The van der Waals surface area contributed by atoms with Crippen LogP contribution < -0.4 is 9.47 Å². The zero-order valence-electron chi connectivity index (χ0n) is 13.4. The number of hydrogen-bond donors (Lipinski definition) is 0. The molecule has 1 aliphatic heterocycles. The van der Waals surface area contributed by atoms with E-state index in [1.165, 1.54) is 12.1 Å². The third-order valence-electron chi connectivity index (χ3n) is 3.76. The fourth-order valence-corrected chi connectivity index (χ4v) is 4.05. The van der Waals surface area contributed by atoms with Gasteiger partial charge >= 0.3 is 0 Å². The lowest BCUT2D eigenvalue weighted by Crippen LogP contribution is -2.16. The van der Waals surface area contributed by atoms with Crippen molar-refractivity contribution in [1.29, 1.82) is 5.26 Å². The average Bonchev–Trinajstić information content (AvgIpc) is 2.63. The molecule has 0 N–H and O–H groups in total. The molecule has 0 spiro atoms. The molecule has 6 heteroatoms. The monoisotopic (exact) mass is 353 g/mol. The van der Waals surface area contributed by atoms with Crippen molar-refractivity contribution in [1.82, 2.24) is 0 Å². The Morgan fingerprint density at radius 1 is 1.12 bits per heavy atom. The standard InChI is InChI=1S/C19H15NO4S/c1-2-19(25(21,22)15-6-4-3-5-7-15)16-13-18-17(23-10-11-24-18)12-14(16)8-9-20/h3-7,12-13H,1,8,10-11H2. The van der Waals surface area contributed by atoms with Crippen LogP contribution in [0.3, 0.4) is 0 Å². The van der Waals surface area contributed by atoms with Gasteiger partial charge in [0.1, 0.15) is 18.1 Å². The van der Waals surface area contributed by atoms with Crippen molar-refractivity contribution in [2.75, 3.05) is 13.2 Å². The quantitative estimate of drug-likeness (QED) is 0.789. The predicted molar refractivity (Wildman–Crippen MR) is 92.9 cm³/mol. The maximum absolute atomic E-state index is 13.0. The topological polar surface area (TPSA) is 76.4 Å². The van der Waals surface area contributed by atoms with Crippen LogP contribution in [0.25, 0.3) is 4.91 Å². The third-order valence-corrected chi connectivity index (χ3v) is 5.56. The van der Waals surface area contributed by atoms with E-state index in [0.29, 0.717) is 35.8 Å². The van der Waals surface area contributed by atoms with E-state index in [1.807, 2.05) is 6.07 Å². The summed E-state index contributed by atoms with van der Waals surface area (Å²) in [5.74, 6) is 0.944. The van der Waals surface area contributed by atoms with Gasteiger partial charge in [-0.1, -0.05) is 24.8 Å². The number of hydrogen-bond acceptors (Lipinski definition) is 5. The van der Waals surface area contributed by atoms with E-state index in [-0.39, 0.29) is 16.2 Å². The van der Waals surface area contributed by atoms with Crippen molar-refractivity contribution in [3.05, 3.63) is 65.9 Å². The highest BCUT2D eigenvalue weighted by atomic mass is 32.2. The van der Waals surface area contributed by atoms with Gasteiger partial charge in [0.15, 0.2) is 11.5 Å². The van der Waals surface area contributed by atoms with Crippen LogP contribution in [0.4, 0.5) is 0 Å². The predicted octanol–water partition coefficient (Wildman–Crippen LogP) is 3.12. The molecule has 0 amide bonds. The zero-order valence-corrected chi connectivity index (χ0v) is 14.2. The molecular weight excluding hydrogens is 338 g/mol. The highest BCUT2D eigenvalue weighted by molar-refractivity contribution is 8.00. The fraction of sp³-hybridized carbons (Fsp3) is 0.158. The van der Waals surface area contributed by atoms with E-state index in [0.717, 1.165) is 0 Å². The van der Waals surface area contributed by atoms with Crippen molar-refractivity contribution >= 4 is 14.7 Å². The summed E-state index contributed by atoms with van der Waals surface area (Å²) in [5, 5.41) is 9.11. The molecule has 0 aromatic heterocycles. The molecule has 0 unspecified atom stereocenters. The molecule has 0 saturated carbocycles. The molecule has 0 saturated heterocycles. The van der Waals surface area contributed by atoms with E-state index < -0.39 is 9.84 Å². The summed E-state index contributed by atoms with van der Waals surface area (Å²) >= 11 is 0. The maximum atomic E-state index is 13.0. The summed E-state index contributed by atoms with van der Waals surface area (Å²) in [6, 6.07) is 13.3. The first kappa shape index (κ1) is 16.8. The van der Waals surface area contributed by atoms with Gasteiger partial charge in [0.25, 0.3) is 0 Å². The number of nitrogens with zero attached hydrogens (tertiary/aromatic N) is 1. The Kier molecular flexibility index (Phi) is 4.62. The summed E-state index contributed by atoms with van der Waals surface area (Å²) in [5.41, 5.74) is 3.41. The zero-order chi connectivity index (χ0) is 17.9. The van der Waals surface area contributed by atoms with Gasteiger partial charge in [-0.2, -0.15) is 5.26 Å². The van der Waals surface area contributed by atoms with Gasteiger partial charge in [-0.15, -0.1) is 5.73 Å². The Morgan fingerprint density at radius 2 is 1.76 bits per heavy atom. The molecule has 1 aliphatic rings. The number of fused-ring (bicyclic) bond motifs is 1. The van der Waals surface area contributed by atoms with E-state index in [2.05, 4.69) is 12.3 Å². The molecule has 5 nitrogen and oxygen atoms in total. The molecule has 0 aliphatic carbocycles. The van der Waals surface area contributed by atoms with Crippen LogP contribution in [-0.4, -0.2) is 21.6 Å². The van der Waals surface area contributed by atoms with Gasteiger partial charge in [0.05, 0.1) is 17.4 Å². The van der Waals surface area contributed by atoms with Crippen molar-refractivity contribution in [3.63, 3.8) is 0 Å². The Labute approximate surface area is 146 Å². The van der Waals surface area contributed by atoms with Crippen molar-refractivity contribution < 1.29 is 17.9 Å². The molecule has 126 valence electrons. The normalized spacial score (nSPS) is 12.8. The highest BCUT2D eigenvalue weighted by Crippen LogP contribution is 2.38. The molecule has 0 bridgehead atoms. The first-order valence-electron chi connectivity index (χ1n) is 7.58. The molecule has 25 heavy (non-hydrogen) atoms. The lowest BCUT2D eigenvalue weighted by molar-refractivity contribution is 0.171. The summed E-state index contributed by atoms with van der Waals surface area (Å²) in [6.07, 6.45) is 0.0292. The van der Waals surface area contributed by atoms with Gasteiger partial charge in [-0.05, 0) is 29.8 Å². The van der Waals surface area contributed by atoms with Crippen LogP contribution >= 0.6 is 0 Å². The van der Waals surface area contributed by atoms with Gasteiger partial charge < -0.3 is 9.47 Å². The Balaban J connectivity index is 2.19. The fourth-order valence-electron chi connectivity index (χ4n) is 2.63. The van der Waals surface area contributed by atoms with Crippen LogP contribution in [0, 0.1) is 11.3 Å². The third kappa shape index (κ3) is 3.16. The largest absolute Gasteiger partial charge is 0.486 e. The van der Waals surface area contributed by atoms with Crippen LogP contribution in [-0.2, 0) is 16.3 Å². The number of rotatable bonds is 4. The van der Waals surface area contributed by atoms with Crippen LogP contribution in [0.1, 0.15) is 11.1 Å². The average molecular weight is 353 g/mol. The lowest BCUT2D eigenvalue weighted by Gasteiger charge is -2.21. The van der Waals surface area contributed by atoms with Crippen LogP contribution in [0.2, 0.25) is 0 Å². The van der Waals surface area contributed by atoms with Gasteiger partial charge in [0.2, 0.25) is 9.84 Å². The van der Waals surface area contributed by atoms with E-state index in [9.17, 15) is 8.42 Å². The second-order valence-electron chi connectivity index (χ2n) is 5.31. The second-order valence-corrected chi connectivity index (χ2v) is 7.20. The summed E-state index contributed by atoms with van der Waals surface area (Å²) < 4.78 is 37.1. The minimum atomic E-state index is -3.83. The lowest BCUT2D eigenvalue weighted by atomic mass is 10.0. The van der Waals surface area contributed by atoms with E-state index in [1.54, 1.807) is 30.3 Å². The summed E-state index contributed by atoms with van der Waals surface area (Å²) in [6.45, 7) is 4.33. The molecule has 2 aromatic rings. The Morgan fingerprint density at radius 3 is 2.36 bits per heavy atom. The Bertz CT molecular complexity index is 998. The first-order valence-corrected chi connectivity index (χ1v) is 9.06.